The zero-order chi connectivity index (χ0) is 31.5. The average molecular weight is 603 g/mol. The summed E-state index contributed by atoms with van der Waals surface area (Å²) in [6.45, 7) is 5.40. The molecule has 4 rings (SSSR count). The first-order valence-electron chi connectivity index (χ1n) is 12.9. The van der Waals surface area contributed by atoms with E-state index in [2.05, 4.69) is 9.84 Å². The van der Waals surface area contributed by atoms with Crippen LogP contribution in [0.2, 0.25) is 0 Å². The minimum absolute atomic E-state index is 0.0631. The fourth-order valence-corrected chi connectivity index (χ4v) is 4.02. The summed E-state index contributed by atoms with van der Waals surface area (Å²) in [6, 6.07) is 11.9. The molecule has 0 spiro atoms. The summed E-state index contributed by atoms with van der Waals surface area (Å²) in [5.41, 5.74) is -2.27. The Kier molecular flexibility index (Phi) is 8.80. The van der Waals surface area contributed by atoms with E-state index in [1.54, 1.807) is 26.8 Å². The molecule has 0 saturated carbocycles. The third-order valence-electron chi connectivity index (χ3n) is 5.85. The maximum absolute atomic E-state index is 13.7. The zero-order valence-corrected chi connectivity index (χ0v) is 24.0. The Labute approximate surface area is 243 Å². The van der Waals surface area contributed by atoms with Crippen LogP contribution in [-0.4, -0.2) is 52.7 Å². The number of hydrogen-bond donors (Lipinski definition) is 0. The first-order valence-corrected chi connectivity index (χ1v) is 12.9. The van der Waals surface area contributed by atoms with Crippen LogP contribution >= 0.6 is 0 Å². The Morgan fingerprint density at radius 3 is 2.23 bits per heavy atom. The minimum atomic E-state index is -4.91. The Morgan fingerprint density at radius 2 is 1.60 bits per heavy atom. The number of fused-ring (bicyclic) bond motifs is 1. The van der Waals surface area contributed by atoms with Gasteiger partial charge in [0, 0.05) is 25.7 Å². The number of halogens is 3. The van der Waals surface area contributed by atoms with Gasteiger partial charge in [-0.05, 0) is 75.4 Å². The molecule has 4 aromatic rings. The molecule has 43 heavy (non-hydrogen) atoms. The SMILES string of the molecule is COCCOc1ccc2c(=O)n(-c3ccc(OC(F)(F)F)cc3)nc(N(C(=O)OC(C)(C)C)c3cccn(C)c3=O)c2c1. The van der Waals surface area contributed by atoms with E-state index in [1.807, 2.05) is 0 Å². The number of carbonyl (C=O) groups excluding carboxylic acids is 1. The molecular formula is C29H29F3N4O7. The number of benzene rings is 2. The third-order valence-corrected chi connectivity index (χ3v) is 5.85. The third kappa shape index (κ3) is 7.33. The fraction of sp³-hybridized carbons (Fsp3) is 0.310. The number of nitrogens with zero attached hydrogens (tertiary/aromatic N) is 4. The molecule has 2 heterocycles. The van der Waals surface area contributed by atoms with Crippen LogP contribution in [-0.2, 0) is 16.5 Å². The summed E-state index contributed by atoms with van der Waals surface area (Å²) < 4.78 is 60.6. The van der Waals surface area contributed by atoms with Gasteiger partial charge in [0.25, 0.3) is 11.1 Å². The summed E-state index contributed by atoms with van der Waals surface area (Å²) in [5, 5.41) is 4.66. The number of hydrogen-bond acceptors (Lipinski definition) is 8. The zero-order valence-electron chi connectivity index (χ0n) is 24.0. The lowest BCUT2D eigenvalue weighted by Gasteiger charge is -2.27. The number of alkyl halides is 3. The van der Waals surface area contributed by atoms with Crippen LogP contribution in [0.5, 0.6) is 11.5 Å². The highest BCUT2D eigenvalue weighted by Crippen LogP contribution is 2.32. The summed E-state index contributed by atoms with van der Waals surface area (Å²) in [5.74, 6) is -0.352. The monoisotopic (exact) mass is 602 g/mol. The molecule has 0 unspecified atom stereocenters. The molecule has 1 amide bonds. The second-order valence-electron chi connectivity index (χ2n) is 10.3. The van der Waals surface area contributed by atoms with E-state index in [-0.39, 0.29) is 41.2 Å². The number of rotatable bonds is 8. The van der Waals surface area contributed by atoms with Gasteiger partial charge >= 0.3 is 12.5 Å². The summed E-state index contributed by atoms with van der Waals surface area (Å²) in [4.78, 5) is 41.6. The van der Waals surface area contributed by atoms with Crippen molar-refractivity contribution < 1.29 is 36.9 Å². The molecule has 2 aromatic heterocycles. The molecule has 2 aromatic carbocycles. The number of amides is 1. The molecule has 0 aliphatic rings. The van der Waals surface area contributed by atoms with E-state index in [0.717, 1.165) is 21.7 Å². The number of aryl methyl sites for hydroxylation is 1. The van der Waals surface area contributed by atoms with Gasteiger partial charge in [-0.15, -0.1) is 18.3 Å². The van der Waals surface area contributed by atoms with Crippen molar-refractivity contribution in [2.24, 2.45) is 7.05 Å². The summed E-state index contributed by atoms with van der Waals surface area (Å²) in [7, 11) is 3.01. The van der Waals surface area contributed by atoms with Crippen LogP contribution in [0.15, 0.2) is 70.4 Å². The molecule has 0 saturated heterocycles. The normalized spacial score (nSPS) is 11.8. The first kappa shape index (κ1) is 31.1. The number of anilines is 2. The molecule has 0 bridgehead atoms. The lowest BCUT2D eigenvalue weighted by atomic mass is 10.1. The molecule has 0 aliphatic carbocycles. The van der Waals surface area contributed by atoms with Crippen LogP contribution in [0.3, 0.4) is 0 Å². The minimum Gasteiger partial charge on any atom is -0.491 e. The highest BCUT2D eigenvalue weighted by molar-refractivity contribution is 6.04. The predicted molar refractivity (Wildman–Crippen MR) is 151 cm³/mol. The van der Waals surface area contributed by atoms with Crippen molar-refractivity contribution in [2.75, 3.05) is 25.2 Å². The summed E-state index contributed by atoms with van der Waals surface area (Å²) in [6.07, 6.45) is -4.38. The van der Waals surface area contributed by atoms with Gasteiger partial charge in [-0.3, -0.25) is 9.59 Å². The van der Waals surface area contributed by atoms with E-state index in [0.29, 0.717) is 5.75 Å². The molecule has 0 radical (unpaired) electrons. The van der Waals surface area contributed by atoms with Crippen molar-refractivity contribution in [3.63, 3.8) is 0 Å². The van der Waals surface area contributed by atoms with E-state index >= 15 is 0 Å². The quantitative estimate of drug-likeness (QED) is 0.257. The summed E-state index contributed by atoms with van der Waals surface area (Å²) >= 11 is 0. The predicted octanol–water partition coefficient (Wildman–Crippen LogP) is 5.08. The Bertz CT molecular complexity index is 1740. The topological polar surface area (TPSA) is 114 Å². The Balaban J connectivity index is 2.01. The van der Waals surface area contributed by atoms with E-state index in [4.69, 9.17) is 14.2 Å². The molecule has 0 fully saturated rings. The maximum atomic E-state index is 13.7. The van der Waals surface area contributed by atoms with Crippen molar-refractivity contribution in [3.8, 4) is 17.2 Å². The molecule has 0 N–H and O–H groups in total. The second kappa shape index (κ2) is 12.2. The molecule has 0 aliphatic heterocycles. The van der Waals surface area contributed by atoms with Crippen molar-refractivity contribution in [1.82, 2.24) is 14.3 Å². The fourth-order valence-electron chi connectivity index (χ4n) is 4.02. The van der Waals surface area contributed by atoms with Gasteiger partial charge in [-0.2, -0.15) is 4.68 Å². The van der Waals surface area contributed by atoms with E-state index < -0.39 is 34.9 Å². The van der Waals surface area contributed by atoms with Gasteiger partial charge < -0.3 is 23.5 Å². The first-order chi connectivity index (χ1) is 20.2. The van der Waals surface area contributed by atoms with E-state index in [9.17, 15) is 27.6 Å². The highest BCUT2D eigenvalue weighted by Gasteiger charge is 2.32. The van der Waals surface area contributed by atoms with Gasteiger partial charge in [0.15, 0.2) is 5.82 Å². The number of carbonyl (C=O) groups is 1. The van der Waals surface area contributed by atoms with Gasteiger partial charge in [0.05, 0.1) is 17.7 Å². The van der Waals surface area contributed by atoms with Crippen LogP contribution in [0, 0.1) is 0 Å². The van der Waals surface area contributed by atoms with Crippen LogP contribution in [0.25, 0.3) is 16.5 Å². The van der Waals surface area contributed by atoms with Crippen molar-refractivity contribution in [1.29, 1.82) is 0 Å². The van der Waals surface area contributed by atoms with Gasteiger partial charge in [0.1, 0.15) is 29.4 Å². The highest BCUT2D eigenvalue weighted by atomic mass is 19.4. The average Bonchev–Trinajstić information content (AvgIpc) is 2.91. The lowest BCUT2D eigenvalue weighted by Crippen LogP contribution is -2.39. The Morgan fingerprint density at radius 1 is 0.930 bits per heavy atom. The van der Waals surface area contributed by atoms with E-state index in [1.165, 1.54) is 61.3 Å². The number of methoxy groups -OCH3 is 1. The Hall–Kier alpha value is -4.85. The molecular weight excluding hydrogens is 573 g/mol. The molecule has 228 valence electrons. The smallest absolute Gasteiger partial charge is 0.491 e. The van der Waals surface area contributed by atoms with Crippen LogP contribution in [0.1, 0.15) is 20.8 Å². The van der Waals surface area contributed by atoms with Gasteiger partial charge in [0.2, 0.25) is 0 Å². The largest absolute Gasteiger partial charge is 0.573 e. The van der Waals surface area contributed by atoms with Gasteiger partial charge in [-0.1, -0.05) is 0 Å². The molecule has 0 atom stereocenters. The van der Waals surface area contributed by atoms with Crippen molar-refractivity contribution in [2.45, 2.75) is 32.7 Å². The molecule has 14 heteroatoms. The maximum Gasteiger partial charge on any atom is 0.573 e. The van der Waals surface area contributed by atoms with Gasteiger partial charge in [-0.25, -0.2) is 9.69 Å². The van der Waals surface area contributed by atoms with Crippen LogP contribution < -0.4 is 25.5 Å². The molecule has 11 nitrogen and oxygen atoms in total. The number of ether oxygens (including phenoxy) is 4. The number of aromatic nitrogens is 3. The lowest BCUT2D eigenvalue weighted by molar-refractivity contribution is -0.274. The number of pyridine rings is 1. The van der Waals surface area contributed by atoms with Crippen molar-refractivity contribution in [3.05, 3.63) is 81.5 Å². The standard InChI is InChI=1S/C29H29F3N4O7/c1-28(2,3)43-27(39)35(23-7-6-14-34(4)26(23)38)24-22-17-20(41-16-15-40-5)12-13-21(22)25(37)36(33-24)18-8-10-19(11-9-18)42-29(30,31)32/h6-14,17H,15-16H2,1-5H3. The second-order valence-corrected chi connectivity index (χ2v) is 10.3. The van der Waals surface area contributed by atoms with Crippen LogP contribution in [0.4, 0.5) is 29.5 Å². The van der Waals surface area contributed by atoms with Crippen molar-refractivity contribution >= 4 is 28.4 Å².